The molecule has 0 saturated carbocycles. The third kappa shape index (κ3) is 6.14. The standard InChI is InChI=1S/C24H28ClNO5/c1-3-29-22-9-8-18(14-19(22)16-31-21-7-5-6-20(25)15-21)23(27)26-12-10-17(11-13-26)24(28)30-4-2/h5-9,14-15,17H,3-4,10-13,16H2,1-2H3. The molecule has 31 heavy (non-hydrogen) atoms. The summed E-state index contributed by atoms with van der Waals surface area (Å²) in [5.74, 6) is 0.964. The molecule has 0 atom stereocenters. The second-order valence-electron chi connectivity index (χ2n) is 7.32. The van der Waals surface area contributed by atoms with Crippen molar-refractivity contribution in [2.24, 2.45) is 5.92 Å². The van der Waals surface area contributed by atoms with E-state index in [1.807, 2.05) is 25.1 Å². The van der Waals surface area contributed by atoms with E-state index in [0.717, 1.165) is 5.56 Å². The van der Waals surface area contributed by atoms with Crippen LogP contribution < -0.4 is 9.47 Å². The fraction of sp³-hybridized carbons (Fsp3) is 0.417. The average molecular weight is 446 g/mol. The van der Waals surface area contributed by atoms with Gasteiger partial charge in [0.2, 0.25) is 0 Å². The van der Waals surface area contributed by atoms with Gasteiger partial charge in [0.1, 0.15) is 18.1 Å². The molecular formula is C24H28ClNO5. The predicted octanol–water partition coefficient (Wildman–Crippen LogP) is 4.73. The zero-order valence-electron chi connectivity index (χ0n) is 17.9. The maximum Gasteiger partial charge on any atom is 0.309 e. The summed E-state index contributed by atoms with van der Waals surface area (Å²) in [5.41, 5.74) is 1.36. The Morgan fingerprint density at radius 2 is 1.81 bits per heavy atom. The van der Waals surface area contributed by atoms with Crippen LogP contribution >= 0.6 is 11.6 Å². The molecule has 7 heteroatoms. The van der Waals surface area contributed by atoms with Crippen LogP contribution in [0.15, 0.2) is 42.5 Å². The Labute approximate surface area is 188 Å². The fourth-order valence-electron chi connectivity index (χ4n) is 3.60. The van der Waals surface area contributed by atoms with E-state index in [2.05, 4.69) is 0 Å². The van der Waals surface area contributed by atoms with Gasteiger partial charge < -0.3 is 19.1 Å². The zero-order chi connectivity index (χ0) is 22.2. The summed E-state index contributed by atoms with van der Waals surface area (Å²) in [5, 5.41) is 0.595. The van der Waals surface area contributed by atoms with Crippen LogP contribution in [0.2, 0.25) is 5.02 Å². The van der Waals surface area contributed by atoms with Gasteiger partial charge in [0.15, 0.2) is 0 Å². The SMILES string of the molecule is CCOC(=O)C1CCN(C(=O)c2ccc(OCC)c(COc3cccc(Cl)c3)c2)CC1. The monoisotopic (exact) mass is 445 g/mol. The van der Waals surface area contributed by atoms with Gasteiger partial charge in [0.05, 0.1) is 19.1 Å². The van der Waals surface area contributed by atoms with E-state index in [-0.39, 0.29) is 24.4 Å². The van der Waals surface area contributed by atoms with Crippen molar-refractivity contribution in [1.29, 1.82) is 0 Å². The lowest BCUT2D eigenvalue weighted by Crippen LogP contribution is -2.40. The molecule has 1 saturated heterocycles. The molecule has 0 unspecified atom stereocenters. The van der Waals surface area contributed by atoms with Gasteiger partial charge in [0, 0.05) is 29.2 Å². The number of carbonyl (C=O) groups is 2. The first-order chi connectivity index (χ1) is 15.0. The molecule has 1 amide bonds. The third-order valence-electron chi connectivity index (χ3n) is 5.20. The molecule has 1 heterocycles. The van der Waals surface area contributed by atoms with Crippen LogP contribution in [-0.4, -0.2) is 43.1 Å². The molecule has 1 aliphatic rings. The van der Waals surface area contributed by atoms with Crippen molar-refractivity contribution in [3.8, 4) is 11.5 Å². The molecule has 6 nitrogen and oxygen atoms in total. The first kappa shape index (κ1) is 22.9. The Kier molecular flexibility index (Phi) is 8.18. The van der Waals surface area contributed by atoms with E-state index < -0.39 is 0 Å². The molecule has 0 N–H and O–H groups in total. The van der Waals surface area contributed by atoms with E-state index in [0.29, 0.717) is 61.2 Å². The number of likely N-dealkylation sites (tertiary alicyclic amines) is 1. The van der Waals surface area contributed by atoms with Crippen LogP contribution in [0.5, 0.6) is 11.5 Å². The Morgan fingerprint density at radius 1 is 1.03 bits per heavy atom. The van der Waals surface area contributed by atoms with Gasteiger partial charge in [-0.3, -0.25) is 9.59 Å². The highest BCUT2D eigenvalue weighted by atomic mass is 35.5. The van der Waals surface area contributed by atoms with Gasteiger partial charge in [-0.2, -0.15) is 0 Å². The highest BCUT2D eigenvalue weighted by Gasteiger charge is 2.29. The number of esters is 1. The Hall–Kier alpha value is -2.73. The quantitative estimate of drug-likeness (QED) is 0.549. The van der Waals surface area contributed by atoms with Crippen molar-refractivity contribution in [1.82, 2.24) is 4.90 Å². The average Bonchev–Trinajstić information content (AvgIpc) is 2.78. The second-order valence-corrected chi connectivity index (χ2v) is 7.76. The fourth-order valence-corrected chi connectivity index (χ4v) is 3.78. The Morgan fingerprint density at radius 3 is 2.48 bits per heavy atom. The summed E-state index contributed by atoms with van der Waals surface area (Å²) in [6.07, 6.45) is 1.23. The molecule has 2 aromatic carbocycles. The van der Waals surface area contributed by atoms with Crippen molar-refractivity contribution in [2.75, 3.05) is 26.3 Å². The minimum atomic E-state index is -0.170. The van der Waals surface area contributed by atoms with Gasteiger partial charge in [-0.05, 0) is 63.1 Å². The summed E-state index contributed by atoms with van der Waals surface area (Å²) in [4.78, 5) is 26.8. The van der Waals surface area contributed by atoms with Gasteiger partial charge >= 0.3 is 5.97 Å². The number of hydrogen-bond acceptors (Lipinski definition) is 5. The van der Waals surface area contributed by atoms with E-state index in [4.69, 9.17) is 25.8 Å². The van der Waals surface area contributed by atoms with Gasteiger partial charge in [-0.25, -0.2) is 0 Å². The molecule has 0 radical (unpaired) electrons. The Bertz CT molecular complexity index is 909. The van der Waals surface area contributed by atoms with Crippen molar-refractivity contribution in [3.05, 3.63) is 58.6 Å². The normalized spacial score (nSPS) is 14.2. The van der Waals surface area contributed by atoms with Gasteiger partial charge in [-0.15, -0.1) is 0 Å². The summed E-state index contributed by atoms with van der Waals surface area (Å²) in [7, 11) is 0. The van der Waals surface area contributed by atoms with Gasteiger partial charge in [-0.1, -0.05) is 17.7 Å². The predicted molar refractivity (Wildman–Crippen MR) is 119 cm³/mol. The van der Waals surface area contributed by atoms with E-state index >= 15 is 0 Å². The molecule has 1 fully saturated rings. The van der Waals surface area contributed by atoms with Crippen LogP contribution in [0.1, 0.15) is 42.6 Å². The smallest absolute Gasteiger partial charge is 0.309 e. The minimum absolute atomic E-state index is 0.0608. The van der Waals surface area contributed by atoms with Crippen LogP contribution in [0.3, 0.4) is 0 Å². The molecule has 0 spiro atoms. The van der Waals surface area contributed by atoms with Crippen molar-refractivity contribution >= 4 is 23.5 Å². The number of halogens is 1. The zero-order valence-corrected chi connectivity index (χ0v) is 18.7. The molecule has 0 aromatic heterocycles. The van der Waals surface area contributed by atoms with Crippen molar-refractivity contribution in [3.63, 3.8) is 0 Å². The summed E-state index contributed by atoms with van der Waals surface area (Å²) in [6.45, 7) is 5.92. The number of carbonyl (C=O) groups excluding carboxylic acids is 2. The number of amides is 1. The second kappa shape index (κ2) is 11.0. The lowest BCUT2D eigenvalue weighted by molar-refractivity contribution is -0.149. The number of ether oxygens (including phenoxy) is 3. The molecule has 0 bridgehead atoms. The van der Waals surface area contributed by atoms with Crippen LogP contribution in [0, 0.1) is 5.92 Å². The maximum absolute atomic E-state index is 13.1. The molecular weight excluding hydrogens is 418 g/mol. The minimum Gasteiger partial charge on any atom is -0.493 e. The summed E-state index contributed by atoms with van der Waals surface area (Å²) < 4.78 is 16.7. The van der Waals surface area contributed by atoms with Crippen LogP contribution in [0.4, 0.5) is 0 Å². The first-order valence-electron chi connectivity index (χ1n) is 10.6. The van der Waals surface area contributed by atoms with Crippen molar-refractivity contribution < 1.29 is 23.8 Å². The molecule has 1 aliphatic heterocycles. The maximum atomic E-state index is 13.1. The molecule has 3 rings (SSSR count). The van der Waals surface area contributed by atoms with E-state index in [9.17, 15) is 9.59 Å². The number of hydrogen-bond donors (Lipinski definition) is 0. The number of rotatable bonds is 8. The summed E-state index contributed by atoms with van der Waals surface area (Å²) in [6, 6.07) is 12.6. The lowest BCUT2D eigenvalue weighted by Gasteiger charge is -2.31. The largest absolute Gasteiger partial charge is 0.493 e. The molecule has 166 valence electrons. The first-order valence-corrected chi connectivity index (χ1v) is 11.0. The highest BCUT2D eigenvalue weighted by molar-refractivity contribution is 6.30. The third-order valence-corrected chi connectivity index (χ3v) is 5.43. The number of benzene rings is 2. The lowest BCUT2D eigenvalue weighted by atomic mass is 9.96. The highest BCUT2D eigenvalue weighted by Crippen LogP contribution is 2.26. The van der Waals surface area contributed by atoms with Crippen LogP contribution in [-0.2, 0) is 16.1 Å². The molecule has 0 aliphatic carbocycles. The topological polar surface area (TPSA) is 65.1 Å². The van der Waals surface area contributed by atoms with Crippen molar-refractivity contribution in [2.45, 2.75) is 33.3 Å². The number of piperidine rings is 1. The molecule has 2 aromatic rings. The van der Waals surface area contributed by atoms with E-state index in [1.165, 1.54) is 0 Å². The van der Waals surface area contributed by atoms with E-state index in [1.54, 1.807) is 36.1 Å². The Balaban J connectivity index is 1.69. The van der Waals surface area contributed by atoms with Crippen LogP contribution in [0.25, 0.3) is 0 Å². The van der Waals surface area contributed by atoms with Gasteiger partial charge in [0.25, 0.3) is 5.91 Å². The number of nitrogens with zero attached hydrogens (tertiary/aromatic N) is 1. The summed E-state index contributed by atoms with van der Waals surface area (Å²) >= 11 is 6.02.